The minimum absolute atomic E-state index is 0.125. The van der Waals surface area contributed by atoms with Gasteiger partial charge in [-0.2, -0.15) is 0 Å². The normalized spacial score (nSPS) is 23.2. The fraction of sp³-hybridized carbons (Fsp3) is 0.571. The van der Waals surface area contributed by atoms with Crippen LogP contribution in [0, 0.1) is 10.1 Å². The lowest BCUT2D eigenvalue weighted by atomic mass is 9.93. The fourth-order valence-corrected chi connectivity index (χ4v) is 2.49. The van der Waals surface area contributed by atoms with Crippen LogP contribution in [0.15, 0.2) is 24.3 Å². The van der Waals surface area contributed by atoms with Crippen molar-refractivity contribution in [2.45, 2.75) is 44.4 Å². The van der Waals surface area contributed by atoms with Gasteiger partial charge in [0.2, 0.25) is 0 Å². The highest BCUT2D eigenvalue weighted by atomic mass is 16.6. The quantitative estimate of drug-likeness (QED) is 0.656. The van der Waals surface area contributed by atoms with Gasteiger partial charge in [0.1, 0.15) is 0 Å². The first-order valence-corrected chi connectivity index (χ1v) is 6.71. The fourth-order valence-electron chi connectivity index (χ4n) is 2.49. The summed E-state index contributed by atoms with van der Waals surface area (Å²) in [6.45, 7) is 0.455. The molecule has 1 aliphatic rings. The summed E-state index contributed by atoms with van der Waals surface area (Å²) < 4.78 is 5.85. The summed E-state index contributed by atoms with van der Waals surface area (Å²) in [5.41, 5.74) is 0.991. The van der Waals surface area contributed by atoms with E-state index in [1.165, 1.54) is 6.07 Å². The lowest BCUT2D eigenvalue weighted by Gasteiger charge is -2.28. The first-order chi connectivity index (χ1) is 9.19. The summed E-state index contributed by atoms with van der Waals surface area (Å²) in [4.78, 5) is 10.3. The van der Waals surface area contributed by atoms with Gasteiger partial charge in [0.25, 0.3) is 5.69 Å². The smallest absolute Gasteiger partial charge is 0.269 e. The van der Waals surface area contributed by atoms with Crippen molar-refractivity contribution in [2.24, 2.45) is 0 Å². The summed E-state index contributed by atoms with van der Waals surface area (Å²) in [6, 6.07) is 7.26. The molecule has 1 aromatic carbocycles. The molecule has 1 saturated carbocycles. The highest BCUT2D eigenvalue weighted by molar-refractivity contribution is 5.33. The summed E-state index contributed by atoms with van der Waals surface area (Å²) >= 11 is 0. The zero-order valence-electron chi connectivity index (χ0n) is 11.2. The second kappa shape index (κ2) is 6.63. The molecular formula is C14H20N2O3. The maximum Gasteiger partial charge on any atom is 0.269 e. The van der Waals surface area contributed by atoms with Gasteiger partial charge in [0, 0.05) is 18.2 Å². The van der Waals surface area contributed by atoms with Crippen LogP contribution in [0.4, 0.5) is 5.69 Å². The molecule has 0 unspecified atom stereocenters. The molecule has 0 bridgehead atoms. The Balaban J connectivity index is 1.82. The molecule has 19 heavy (non-hydrogen) atoms. The van der Waals surface area contributed by atoms with Crippen molar-refractivity contribution in [3.63, 3.8) is 0 Å². The van der Waals surface area contributed by atoms with Crippen molar-refractivity contribution < 1.29 is 9.66 Å². The van der Waals surface area contributed by atoms with Crippen LogP contribution in [0.1, 0.15) is 31.2 Å². The van der Waals surface area contributed by atoms with E-state index in [4.69, 9.17) is 4.74 Å². The molecule has 0 aromatic heterocycles. The molecule has 1 aromatic rings. The number of ether oxygens (including phenoxy) is 1. The second-order valence-electron chi connectivity index (χ2n) is 5.00. The Morgan fingerprint density at radius 1 is 1.37 bits per heavy atom. The minimum Gasteiger partial charge on any atom is -0.374 e. The number of hydrogen-bond acceptors (Lipinski definition) is 4. The number of benzene rings is 1. The second-order valence-corrected chi connectivity index (χ2v) is 5.00. The van der Waals surface area contributed by atoms with E-state index in [9.17, 15) is 10.1 Å². The number of nitro groups is 1. The van der Waals surface area contributed by atoms with E-state index in [2.05, 4.69) is 5.32 Å². The number of non-ortho nitro benzene ring substituents is 1. The van der Waals surface area contributed by atoms with E-state index < -0.39 is 0 Å². The van der Waals surface area contributed by atoms with Crippen LogP contribution in [0.2, 0.25) is 0 Å². The van der Waals surface area contributed by atoms with Crippen molar-refractivity contribution >= 4 is 5.69 Å². The maximum absolute atomic E-state index is 10.7. The molecule has 5 heteroatoms. The molecule has 0 spiro atoms. The van der Waals surface area contributed by atoms with E-state index in [1.54, 1.807) is 12.1 Å². The third-order valence-electron chi connectivity index (χ3n) is 3.69. The van der Waals surface area contributed by atoms with Crippen LogP contribution >= 0.6 is 0 Å². The van der Waals surface area contributed by atoms with Gasteiger partial charge in [-0.3, -0.25) is 10.1 Å². The number of rotatable bonds is 5. The van der Waals surface area contributed by atoms with Gasteiger partial charge in [-0.25, -0.2) is 0 Å². The third-order valence-corrected chi connectivity index (χ3v) is 3.69. The van der Waals surface area contributed by atoms with Crippen LogP contribution in [0.5, 0.6) is 0 Å². The monoisotopic (exact) mass is 264 g/mol. The van der Waals surface area contributed by atoms with E-state index in [-0.39, 0.29) is 16.7 Å². The standard InChI is InChI=1S/C14H20N2O3/c1-15-12-5-7-14(8-6-12)19-10-11-3-2-4-13(9-11)16(17)18/h2-4,9,12,14-15H,5-8,10H2,1H3. The van der Waals surface area contributed by atoms with E-state index in [1.807, 2.05) is 13.1 Å². The minimum atomic E-state index is -0.373. The molecule has 2 rings (SSSR count). The van der Waals surface area contributed by atoms with Crippen molar-refractivity contribution in [3.8, 4) is 0 Å². The van der Waals surface area contributed by atoms with Crippen LogP contribution in [0.3, 0.4) is 0 Å². The Labute approximate surface area is 113 Å². The largest absolute Gasteiger partial charge is 0.374 e. The maximum atomic E-state index is 10.7. The molecule has 0 amide bonds. The Kier molecular flexibility index (Phi) is 4.87. The van der Waals surface area contributed by atoms with Crippen molar-refractivity contribution in [1.82, 2.24) is 5.32 Å². The molecule has 1 aliphatic carbocycles. The van der Waals surface area contributed by atoms with Crippen LogP contribution in [-0.2, 0) is 11.3 Å². The van der Waals surface area contributed by atoms with Gasteiger partial charge in [0.15, 0.2) is 0 Å². The summed E-state index contributed by atoms with van der Waals surface area (Å²) in [5, 5.41) is 14.0. The van der Waals surface area contributed by atoms with Gasteiger partial charge in [-0.15, -0.1) is 0 Å². The van der Waals surface area contributed by atoms with Gasteiger partial charge in [-0.1, -0.05) is 12.1 Å². The van der Waals surface area contributed by atoms with Crippen LogP contribution < -0.4 is 5.32 Å². The molecule has 104 valence electrons. The lowest BCUT2D eigenvalue weighted by Crippen LogP contribution is -2.32. The first kappa shape index (κ1) is 14.0. The Morgan fingerprint density at radius 3 is 2.74 bits per heavy atom. The molecule has 0 radical (unpaired) electrons. The van der Waals surface area contributed by atoms with Gasteiger partial charge in [-0.05, 0) is 38.3 Å². The SMILES string of the molecule is CNC1CCC(OCc2cccc([N+](=O)[O-])c2)CC1. The van der Waals surface area contributed by atoms with E-state index >= 15 is 0 Å². The van der Waals surface area contributed by atoms with Crippen molar-refractivity contribution in [1.29, 1.82) is 0 Å². The topological polar surface area (TPSA) is 64.4 Å². The van der Waals surface area contributed by atoms with E-state index in [0.29, 0.717) is 12.6 Å². The molecule has 0 atom stereocenters. The molecule has 0 aliphatic heterocycles. The van der Waals surface area contributed by atoms with Crippen molar-refractivity contribution in [3.05, 3.63) is 39.9 Å². The summed E-state index contributed by atoms with van der Waals surface area (Å²) in [7, 11) is 1.99. The summed E-state index contributed by atoms with van der Waals surface area (Å²) in [5.74, 6) is 0. The Hall–Kier alpha value is -1.46. The average Bonchev–Trinajstić information content (AvgIpc) is 2.46. The molecule has 0 saturated heterocycles. The summed E-state index contributed by atoms with van der Waals surface area (Å²) in [6.07, 6.45) is 4.66. The third kappa shape index (κ3) is 4.01. The predicted octanol–water partition coefficient (Wildman–Crippen LogP) is 2.64. The van der Waals surface area contributed by atoms with Crippen molar-refractivity contribution in [2.75, 3.05) is 7.05 Å². The Bertz CT molecular complexity index is 428. The van der Waals surface area contributed by atoms with Gasteiger partial charge in [0.05, 0.1) is 17.6 Å². The average molecular weight is 264 g/mol. The number of nitrogens with zero attached hydrogens (tertiary/aromatic N) is 1. The van der Waals surface area contributed by atoms with Gasteiger partial charge < -0.3 is 10.1 Å². The van der Waals surface area contributed by atoms with Crippen LogP contribution in [0.25, 0.3) is 0 Å². The van der Waals surface area contributed by atoms with Gasteiger partial charge >= 0.3 is 0 Å². The molecule has 1 N–H and O–H groups in total. The molecular weight excluding hydrogens is 244 g/mol. The highest BCUT2D eigenvalue weighted by Crippen LogP contribution is 2.22. The van der Waals surface area contributed by atoms with E-state index in [0.717, 1.165) is 31.2 Å². The number of nitro benzene ring substituents is 1. The number of hydrogen-bond donors (Lipinski definition) is 1. The highest BCUT2D eigenvalue weighted by Gasteiger charge is 2.20. The first-order valence-electron chi connectivity index (χ1n) is 6.71. The molecule has 0 heterocycles. The zero-order chi connectivity index (χ0) is 13.7. The lowest BCUT2D eigenvalue weighted by molar-refractivity contribution is -0.385. The number of nitrogens with one attached hydrogen (secondary N) is 1. The molecule has 5 nitrogen and oxygen atoms in total. The predicted molar refractivity (Wildman–Crippen MR) is 73.0 cm³/mol. The molecule has 1 fully saturated rings. The Morgan fingerprint density at radius 2 is 2.11 bits per heavy atom. The van der Waals surface area contributed by atoms with Crippen LogP contribution in [-0.4, -0.2) is 24.1 Å². The zero-order valence-corrected chi connectivity index (χ0v) is 11.2.